The standard InChI is InChI=1S/C15H22N2O/c1-10(2)14(16)15(18)17-13-8-12(9-13)11-6-4-3-5-7-11/h3-7,10,12-14H,8-9,16H2,1-2H3,(H,17,18)/t12?,13?,14-/m0/s1. The van der Waals surface area contributed by atoms with Crippen LogP contribution < -0.4 is 11.1 Å². The first-order valence-corrected chi connectivity index (χ1v) is 6.69. The molecule has 3 N–H and O–H groups in total. The van der Waals surface area contributed by atoms with Gasteiger partial charge in [-0.05, 0) is 30.2 Å². The molecular formula is C15H22N2O. The van der Waals surface area contributed by atoms with Crippen molar-refractivity contribution in [3.8, 4) is 0 Å². The van der Waals surface area contributed by atoms with Gasteiger partial charge in [-0.25, -0.2) is 0 Å². The van der Waals surface area contributed by atoms with E-state index >= 15 is 0 Å². The minimum absolute atomic E-state index is 0.0125. The summed E-state index contributed by atoms with van der Waals surface area (Å²) >= 11 is 0. The molecular weight excluding hydrogens is 224 g/mol. The second-order valence-corrected chi connectivity index (χ2v) is 5.55. The number of carbonyl (C=O) groups excluding carboxylic acids is 1. The number of nitrogens with two attached hydrogens (primary N) is 1. The minimum atomic E-state index is -0.388. The molecule has 0 saturated heterocycles. The third kappa shape index (κ3) is 2.91. The van der Waals surface area contributed by atoms with Gasteiger partial charge in [-0.1, -0.05) is 44.2 Å². The lowest BCUT2D eigenvalue weighted by Crippen LogP contribution is -2.51. The Hall–Kier alpha value is -1.35. The Balaban J connectivity index is 1.78. The molecule has 1 amide bonds. The average Bonchev–Trinajstić information content (AvgIpc) is 2.32. The van der Waals surface area contributed by atoms with Gasteiger partial charge in [0.15, 0.2) is 0 Å². The fourth-order valence-electron chi connectivity index (χ4n) is 2.33. The summed E-state index contributed by atoms with van der Waals surface area (Å²) in [4.78, 5) is 11.8. The second-order valence-electron chi connectivity index (χ2n) is 5.55. The highest BCUT2D eigenvalue weighted by molar-refractivity contribution is 5.82. The van der Waals surface area contributed by atoms with Gasteiger partial charge in [-0.15, -0.1) is 0 Å². The van der Waals surface area contributed by atoms with E-state index in [4.69, 9.17) is 5.73 Å². The van der Waals surface area contributed by atoms with Crippen LogP contribution in [0.25, 0.3) is 0 Å². The molecule has 1 aliphatic rings. The van der Waals surface area contributed by atoms with E-state index in [0.29, 0.717) is 12.0 Å². The average molecular weight is 246 g/mol. The van der Waals surface area contributed by atoms with E-state index in [2.05, 4.69) is 29.6 Å². The molecule has 1 aromatic rings. The van der Waals surface area contributed by atoms with Gasteiger partial charge in [0.05, 0.1) is 6.04 Å². The normalized spacial score (nSPS) is 24.4. The van der Waals surface area contributed by atoms with Gasteiger partial charge in [0.1, 0.15) is 0 Å². The Morgan fingerprint density at radius 3 is 2.44 bits per heavy atom. The Labute approximate surface area is 109 Å². The molecule has 98 valence electrons. The van der Waals surface area contributed by atoms with Gasteiger partial charge in [0, 0.05) is 6.04 Å². The van der Waals surface area contributed by atoms with Crippen LogP contribution >= 0.6 is 0 Å². The monoisotopic (exact) mass is 246 g/mol. The highest BCUT2D eigenvalue weighted by atomic mass is 16.2. The van der Waals surface area contributed by atoms with Crippen LogP contribution in [0.3, 0.4) is 0 Å². The number of benzene rings is 1. The molecule has 0 radical (unpaired) electrons. The van der Waals surface area contributed by atoms with Crippen LogP contribution in [0.1, 0.15) is 38.2 Å². The lowest BCUT2D eigenvalue weighted by molar-refractivity contribution is -0.124. The molecule has 3 heteroatoms. The predicted molar refractivity (Wildman–Crippen MR) is 73.2 cm³/mol. The molecule has 0 heterocycles. The van der Waals surface area contributed by atoms with Crippen molar-refractivity contribution in [1.82, 2.24) is 5.32 Å². The van der Waals surface area contributed by atoms with Crippen molar-refractivity contribution in [2.45, 2.75) is 44.7 Å². The summed E-state index contributed by atoms with van der Waals surface area (Å²) in [5.74, 6) is 0.767. The van der Waals surface area contributed by atoms with Crippen LogP contribution in [-0.4, -0.2) is 18.0 Å². The van der Waals surface area contributed by atoms with Crippen molar-refractivity contribution in [2.75, 3.05) is 0 Å². The van der Waals surface area contributed by atoms with E-state index in [0.717, 1.165) is 12.8 Å². The van der Waals surface area contributed by atoms with Crippen LogP contribution in [0.2, 0.25) is 0 Å². The molecule has 0 unspecified atom stereocenters. The Kier molecular flexibility index (Phi) is 4.02. The van der Waals surface area contributed by atoms with Gasteiger partial charge >= 0.3 is 0 Å². The molecule has 2 rings (SSSR count). The fourth-order valence-corrected chi connectivity index (χ4v) is 2.33. The molecule has 0 spiro atoms. The number of carbonyl (C=O) groups is 1. The lowest BCUT2D eigenvalue weighted by atomic mass is 9.76. The van der Waals surface area contributed by atoms with Gasteiger partial charge in [0.2, 0.25) is 5.91 Å². The Morgan fingerprint density at radius 2 is 1.89 bits per heavy atom. The highest BCUT2D eigenvalue weighted by Gasteiger charge is 2.32. The predicted octanol–water partition coefficient (Wildman–Crippen LogP) is 2.03. The van der Waals surface area contributed by atoms with Crippen LogP contribution in [-0.2, 0) is 4.79 Å². The van der Waals surface area contributed by atoms with Crippen molar-refractivity contribution >= 4 is 5.91 Å². The molecule has 1 fully saturated rings. The molecule has 0 aliphatic heterocycles. The SMILES string of the molecule is CC(C)[C@H](N)C(=O)NC1CC(c2ccccc2)C1. The van der Waals surface area contributed by atoms with Crippen molar-refractivity contribution in [3.63, 3.8) is 0 Å². The van der Waals surface area contributed by atoms with Crippen LogP contribution in [0.15, 0.2) is 30.3 Å². The number of nitrogens with one attached hydrogen (secondary N) is 1. The summed E-state index contributed by atoms with van der Waals surface area (Å²) in [6.07, 6.45) is 2.06. The van der Waals surface area contributed by atoms with E-state index in [1.165, 1.54) is 5.56 Å². The van der Waals surface area contributed by atoms with Gasteiger partial charge in [-0.3, -0.25) is 4.79 Å². The van der Waals surface area contributed by atoms with Crippen molar-refractivity contribution in [2.24, 2.45) is 11.7 Å². The van der Waals surface area contributed by atoms with E-state index in [9.17, 15) is 4.79 Å². The van der Waals surface area contributed by atoms with E-state index in [-0.39, 0.29) is 17.9 Å². The first kappa shape index (κ1) is 13.1. The molecule has 1 aromatic carbocycles. The lowest BCUT2D eigenvalue weighted by Gasteiger charge is -2.37. The number of amides is 1. The summed E-state index contributed by atoms with van der Waals surface area (Å²) in [7, 11) is 0. The largest absolute Gasteiger partial charge is 0.352 e. The maximum Gasteiger partial charge on any atom is 0.237 e. The van der Waals surface area contributed by atoms with Crippen LogP contribution in [0, 0.1) is 5.92 Å². The molecule has 1 aliphatic carbocycles. The molecule has 1 atom stereocenters. The van der Waals surface area contributed by atoms with Gasteiger partial charge in [0.25, 0.3) is 0 Å². The summed E-state index contributed by atoms with van der Waals surface area (Å²) in [5, 5.41) is 3.03. The van der Waals surface area contributed by atoms with Gasteiger partial charge in [-0.2, -0.15) is 0 Å². The van der Waals surface area contributed by atoms with Crippen LogP contribution in [0.4, 0.5) is 0 Å². The maximum atomic E-state index is 11.8. The zero-order chi connectivity index (χ0) is 13.1. The van der Waals surface area contributed by atoms with E-state index < -0.39 is 0 Å². The molecule has 18 heavy (non-hydrogen) atoms. The third-order valence-corrected chi connectivity index (χ3v) is 3.78. The summed E-state index contributed by atoms with van der Waals surface area (Å²) in [6.45, 7) is 3.94. The van der Waals surface area contributed by atoms with Crippen molar-refractivity contribution < 1.29 is 4.79 Å². The molecule has 0 bridgehead atoms. The quantitative estimate of drug-likeness (QED) is 0.854. The maximum absolute atomic E-state index is 11.8. The van der Waals surface area contributed by atoms with Crippen molar-refractivity contribution in [1.29, 1.82) is 0 Å². The minimum Gasteiger partial charge on any atom is -0.352 e. The smallest absolute Gasteiger partial charge is 0.237 e. The molecule has 3 nitrogen and oxygen atoms in total. The first-order chi connectivity index (χ1) is 8.58. The number of hydrogen-bond donors (Lipinski definition) is 2. The fraction of sp³-hybridized carbons (Fsp3) is 0.533. The second kappa shape index (κ2) is 5.53. The summed E-state index contributed by atoms with van der Waals surface area (Å²) in [5.41, 5.74) is 7.19. The first-order valence-electron chi connectivity index (χ1n) is 6.69. The van der Waals surface area contributed by atoms with E-state index in [1.54, 1.807) is 0 Å². The summed E-state index contributed by atoms with van der Waals surface area (Å²) in [6, 6.07) is 10.4. The molecule has 0 aromatic heterocycles. The number of rotatable bonds is 4. The van der Waals surface area contributed by atoms with E-state index in [1.807, 2.05) is 19.9 Å². The molecule has 1 saturated carbocycles. The van der Waals surface area contributed by atoms with Gasteiger partial charge < -0.3 is 11.1 Å². The zero-order valence-electron chi connectivity index (χ0n) is 11.1. The highest BCUT2D eigenvalue weighted by Crippen LogP contribution is 2.36. The van der Waals surface area contributed by atoms with Crippen molar-refractivity contribution in [3.05, 3.63) is 35.9 Å². The van der Waals surface area contributed by atoms with Crippen LogP contribution in [0.5, 0.6) is 0 Å². The Morgan fingerprint density at radius 1 is 1.28 bits per heavy atom. The zero-order valence-corrected chi connectivity index (χ0v) is 11.1. The summed E-state index contributed by atoms with van der Waals surface area (Å²) < 4.78 is 0. The Bertz CT molecular complexity index is 396. The topological polar surface area (TPSA) is 55.1 Å². The number of hydrogen-bond acceptors (Lipinski definition) is 2. The third-order valence-electron chi connectivity index (χ3n) is 3.78.